The Balaban J connectivity index is 2.05. The van der Waals surface area contributed by atoms with E-state index in [0.29, 0.717) is 0 Å². The standard InChI is InChI=1S/C17H19NO3S2/c1-3-22-16-7-5-4-6-15(16)18-17(19)12-13-8-10-14(11-9-13)23(2,20)21/h4-11H,3,12H2,1-2H3,(H,18,19). The van der Waals surface area contributed by atoms with Gasteiger partial charge in [-0.2, -0.15) is 0 Å². The fraction of sp³-hybridized carbons (Fsp3) is 0.235. The SMILES string of the molecule is CCSc1ccccc1NC(=O)Cc1ccc(S(C)(=O)=O)cc1. The van der Waals surface area contributed by atoms with Gasteiger partial charge in [-0.3, -0.25) is 4.79 Å². The van der Waals surface area contributed by atoms with Crippen molar-refractivity contribution >= 4 is 33.2 Å². The molecule has 0 aliphatic heterocycles. The number of hydrogen-bond acceptors (Lipinski definition) is 4. The van der Waals surface area contributed by atoms with Gasteiger partial charge in [0.05, 0.1) is 17.0 Å². The number of anilines is 1. The Morgan fingerprint density at radius 1 is 1.09 bits per heavy atom. The number of benzene rings is 2. The highest BCUT2D eigenvalue weighted by molar-refractivity contribution is 7.99. The number of rotatable bonds is 6. The van der Waals surface area contributed by atoms with Crippen molar-refractivity contribution in [3.8, 4) is 0 Å². The van der Waals surface area contributed by atoms with Gasteiger partial charge >= 0.3 is 0 Å². The van der Waals surface area contributed by atoms with E-state index in [1.807, 2.05) is 24.3 Å². The molecule has 0 atom stereocenters. The van der Waals surface area contributed by atoms with Crippen LogP contribution in [0.25, 0.3) is 0 Å². The number of thioether (sulfide) groups is 1. The van der Waals surface area contributed by atoms with E-state index in [2.05, 4.69) is 12.2 Å². The van der Waals surface area contributed by atoms with Gasteiger partial charge in [-0.05, 0) is 35.6 Å². The molecule has 0 aliphatic rings. The molecule has 23 heavy (non-hydrogen) atoms. The molecule has 4 nitrogen and oxygen atoms in total. The molecule has 0 saturated carbocycles. The summed E-state index contributed by atoms with van der Waals surface area (Å²) in [7, 11) is -3.21. The third kappa shape index (κ3) is 5.11. The summed E-state index contributed by atoms with van der Waals surface area (Å²) in [6.07, 6.45) is 1.37. The summed E-state index contributed by atoms with van der Waals surface area (Å²) in [4.78, 5) is 13.5. The molecule has 0 saturated heterocycles. The lowest BCUT2D eigenvalue weighted by molar-refractivity contribution is -0.115. The molecule has 0 unspecified atom stereocenters. The zero-order valence-electron chi connectivity index (χ0n) is 13.1. The second-order valence-corrected chi connectivity index (χ2v) is 8.39. The molecule has 2 rings (SSSR count). The minimum Gasteiger partial charge on any atom is -0.325 e. The van der Waals surface area contributed by atoms with Gasteiger partial charge in [0.1, 0.15) is 0 Å². The molecule has 0 aromatic heterocycles. The van der Waals surface area contributed by atoms with Crippen molar-refractivity contribution in [2.24, 2.45) is 0 Å². The number of para-hydroxylation sites is 1. The largest absolute Gasteiger partial charge is 0.325 e. The van der Waals surface area contributed by atoms with Crippen molar-refractivity contribution in [1.82, 2.24) is 0 Å². The average molecular weight is 349 g/mol. The molecule has 2 aromatic carbocycles. The molecule has 0 spiro atoms. The van der Waals surface area contributed by atoms with Gasteiger partial charge in [-0.25, -0.2) is 8.42 Å². The molecule has 0 radical (unpaired) electrons. The zero-order chi connectivity index (χ0) is 16.9. The van der Waals surface area contributed by atoms with Crippen molar-refractivity contribution in [1.29, 1.82) is 0 Å². The van der Waals surface area contributed by atoms with Gasteiger partial charge in [0.15, 0.2) is 9.84 Å². The Bertz CT molecular complexity index is 784. The van der Waals surface area contributed by atoms with Crippen LogP contribution in [-0.2, 0) is 21.1 Å². The van der Waals surface area contributed by atoms with Crippen molar-refractivity contribution < 1.29 is 13.2 Å². The van der Waals surface area contributed by atoms with Crippen LogP contribution in [-0.4, -0.2) is 26.3 Å². The molecule has 1 N–H and O–H groups in total. The minimum absolute atomic E-state index is 0.124. The van der Waals surface area contributed by atoms with E-state index in [-0.39, 0.29) is 17.2 Å². The third-order valence-corrected chi connectivity index (χ3v) is 5.26. The summed E-state index contributed by atoms with van der Waals surface area (Å²) >= 11 is 1.67. The normalized spacial score (nSPS) is 11.2. The van der Waals surface area contributed by atoms with Crippen molar-refractivity contribution in [3.05, 3.63) is 54.1 Å². The zero-order valence-corrected chi connectivity index (χ0v) is 14.7. The molecular weight excluding hydrogens is 330 g/mol. The van der Waals surface area contributed by atoms with E-state index in [1.54, 1.807) is 23.9 Å². The maximum Gasteiger partial charge on any atom is 0.228 e. The molecular formula is C17H19NO3S2. The first kappa shape index (κ1) is 17.6. The van der Waals surface area contributed by atoms with Crippen LogP contribution in [0.15, 0.2) is 58.3 Å². The predicted molar refractivity (Wildman–Crippen MR) is 94.7 cm³/mol. The summed E-state index contributed by atoms with van der Waals surface area (Å²) < 4.78 is 22.8. The van der Waals surface area contributed by atoms with E-state index < -0.39 is 9.84 Å². The van der Waals surface area contributed by atoms with Crippen molar-refractivity contribution in [3.63, 3.8) is 0 Å². The first-order valence-corrected chi connectivity index (χ1v) is 10.1. The van der Waals surface area contributed by atoms with Crippen LogP contribution in [0.5, 0.6) is 0 Å². The maximum atomic E-state index is 12.2. The highest BCUT2D eigenvalue weighted by atomic mass is 32.2. The number of amides is 1. The summed E-state index contributed by atoms with van der Waals surface area (Å²) in [5, 5.41) is 2.91. The lowest BCUT2D eigenvalue weighted by atomic mass is 10.1. The van der Waals surface area contributed by atoms with E-state index in [4.69, 9.17) is 0 Å². The highest BCUT2D eigenvalue weighted by Gasteiger charge is 2.10. The van der Waals surface area contributed by atoms with Crippen LogP contribution in [0.3, 0.4) is 0 Å². The summed E-state index contributed by atoms with van der Waals surface area (Å²) in [5.41, 5.74) is 1.58. The Morgan fingerprint density at radius 3 is 2.35 bits per heavy atom. The van der Waals surface area contributed by atoms with Crippen molar-refractivity contribution in [2.75, 3.05) is 17.3 Å². The topological polar surface area (TPSA) is 63.2 Å². The molecule has 0 aliphatic carbocycles. The van der Waals surface area contributed by atoms with Gasteiger partial charge in [-0.1, -0.05) is 31.2 Å². The first-order chi connectivity index (χ1) is 10.9. The van der Waals surface area contributed by atoms with E-state index >= 15 is 0 Å². The number of hydrogen-bond donors (Lipinski definition) is 1. The highest BCUT2D eigenvalue weighted by Crippen LogP contribution is 2.26. The van der Waals surface area contributed by atoms with Gasteiger partial charge in [0.2, 0.25) is 5.91 Å². The monoisotopic (exact) mass is 349 g/mol. The lowest BCUT2D eigenvalue weighted by Crippen LogP contribution is -2.15. The minimum atomic E-state index is -3.21. The average Bonchev–Trinajstić information content (AvgIpc) is 2.49. The van der Waals surface area contributed by atoms with Gasteiger partial charge < -0.3 is 5.32 Å². The van der Waals surface area contributed by atoms with Crippen molar-refractivity contribution in [2.45, 2.75) is 23.1 Å². The Morgan fingerprint density at radius 2 is 1.74 bits per heavy atom. The van der Waals surface area contributed by atoms with Gasteiger partial charge in [-0.15, -0.1) is 11.8 Å². The molecule has 122 valence electrons. The number of nitrogens with one attached hydrogen (secondary N) is 1. The van der Waals surface area contributed by atoms with E-state index in [1.165, 1.54) is 12.1 Å². The fourth-order valence-electron chi connectivity index (χ4n) is 2.09. The van der Waals surface area contributed by atoms with Crippen LogP contribution in [0, 0.1) is 0 Å². The second kappa shape index (κ2) is 7.66. The first-order valence-electron chi connectivity index (χ1n) is 7.21. The lowest BCUT2D eigenvalue weighted by Gasteiger charge is -2.10. The van der Waals surface area contributed by atoms with Crippen LogP contribution in [0.2, 0.25) is 0 Å². The molecule has 0 fully saturated rings. The molecule has 1 amide bonds. The summed E-state index contributed by atoms with van der Waals surface area (Å²) in [6, 6.07) is 14.1. The van der Waals surface area contributed by atoms with E-state index in [0.717, 1.165) is 28.2 Å². The van der Waals surface area contributed by atoms with Gasteiger partial charge in [0, 0.05) is 11.2 Å². The summed E-state index contributed by atoms with van der Waals surface area (Å²) in [6.45, 7) is 2.06. The van der Waals surface area contributed by atoms with Gasteiger partial charge in [0.25, 0.3) is 0 Å². The summed E-state index contributed by atoms with van der Waals surface area (Å²) in [5.74, 6) is 0.807. The molecule has 6 heteroatoms. The quantitative estimate of drug-likeness (QED) is 0.812. The number of carbonyl (C=O) groups is 1. The number of carbonyl (C=O) groups excluding carboxylic acids is 1. The Hall–Kier alpha value is -1.79. The third-order valence-electron chi connectivity index (χ3n) is 3.18. The predicted octanol–water partition coefficient (Wildman–Crippen LogP) is 3.38. The Labute approximate surface area is 141 Å². The molecule has 0 bridgehead atoms. The Kier molecular flexibility index (Phi) is 5.85. The van der Waals surface area contributed by atoms with E-state index in [9.17, 15) is 13.2 Å². The number of sulfone groups is 1. The van der Waals surface area contributed by atoms with Crippen LogP contribution in [0.1, 0.15) is 12.5 Å². The smallest absolute Gasteiger partial charge is 0.228 e. The van der Waals surface area contributed by atoms with Crippen LogP contribution < -0.4 is 5.32 Å². The maximum absolute atomic E-state index is 12.2. The van der Waals surface area contributed by atoms with Crippen LogP contribution in [0.4, 0.5) is 5.69 Å². The molecule has 0 heterocycles. The molecule has 2 aromatic rings. The fourth-order valence-corrected chi connectivity index (χ4v) is 3.48. The van der Waals surface area contributed by atoms with Crippen LogP contribution >= 0.6 is 11.8 Å². The second-order valence-electron chi connectivity index (χ2n) is 5.07.